The molecule has 2 aromatic heterocycles. The van der Waals surface area contributed by atoms with E-state index in [1.165, 1.54) is 10.7 Å². The van der Waals surface area contributed by atoms with Gasteiger partial charge in [0.25, 0.3) is 0 Å². The van der Waals surface area contributed by atoms with Crippen molar-refractivity contribution in [2.45, 2.75) is 19.3 Å². The van der Waals surface area contributed by atoms with Crippen molar-refractivity contribution in [3.8, 4) is 0 Å². The SMILES string of the molecule is OCc1cn(Cc2ccc(C(F)(F)F)nc2)nc1Br. The minimum atomic E-state index is -4.43. The number of nitrogens with zero attached hydrogens (tertiary/aromatic N) is 3. The fraction of sp³-hybridized carbons (Fsp3) is 0.273. The van der Waals surface area contributed by atoms with Crippen molar-refractivity contribution in [3.05, 3.63) is 46.0 Å². The van der Waals surface area contributed by atoms with Crippen LogP contribution >= 0.6 is 15.9 Å². The Labute approximate surface area is 115 Å². The standard InChI is InChI=1S/C11H9BrF3N3O/c12-10-8(6-19)5-18(17-10)4-7-1-2-9(16-3-7)11(13,14)15/h1-3,5,19H,4,6H2. The largest absolute Gasteiger partial charge is 0.433 e. The number of hydrogen-bond acceptors (Lipinski definition) is 3. The third-order valence-electron chi connectivity index (χ3n) is 2.42. The predicted octanol–water partition coefficient (Wildman–Crippen LogP) is 2.60. The van der Waals surface area contributed by atoms with E-state index in [2.05, 4.69) is 26.0 Å². The van der Waals surface area contributed by atoms with Gasteiger partial charge in [-0.25, -0.2) is 0 Å². The minimum absolute atomic E-state index is 0.161. The molecule has 0 aliphatic heterocycles. The van der Waals surface area contributed by atoms with Gasteiger partial charge in [0.05, 0.1) is 13.2 Å². The zero-order valence-electron chi connectivity index (χ0n) is 9.52. The second-order valence-corrected chi connectivity index (χ2v) is 4.60. The highest BCUT2D eigenvalue weighted by Crippen LogP contribution is 2.27. The molecule has 19 heavy (non-hydrogen) atoms. The number of aliphatic hydroxyl groups excluding tert-OH is 1. The molecule has 8 heteroatoms. The molecule has 4 nitrogen and oxygen atoms in total. The van der Waals surface area contributed by atoms with E-state index in [-0.39, 0.29) is 13.2 Å². The van der Waals surface area contributed by atoms with E-state index in [1.54, 1.807) is 6.20 Å². The molecule has 2 rings (SSSR count). The number of pyridine rings is 1. The number of halogens is 4. The molecule has 0 aliphatic rings. The Kier molecular flexibility index (Phi) is 3.91. The van der Waals surface area contributed by atoms with Crippen LogP contribution in [0.4, 0.5) is 13.2 Å². The lowest BCUT2D eigenvalue weighted by Gasteiger charge is -2.06. The number of aromatic nitrogens is 3. The van der Waals surface area contributed by atoms with E-state index in [0.29, 0.717) is 15.7 Å². The lowest BCUT2D eigenvalue weighted by molar-refractivity contribution is -0.141. The van der Waals surface area contributed by atoms with Crippen molar-refractivity contribution >= 4 is 15.9 Å². The molecule has 0 amide bonds. The number of alkyl halides is 3. The lowest BCUT2D eigenvalue weighted by atomic mass is 10.2. The average Bonchev–Trinajstić information content (AvgIpc) is 2.69. The summed E-state index contributed by atoms with van der Waals surface area (Å²) >= 11 is 3.17. The van der Waals surface area contributed by atoms with Gasteiger partial charge in [-0.3, -0.25) is 9.67 Å². The molecule has 0 aromatic carbocycles. The zero-order valence-corrected chi connectivity index (χ0v) is 11.1. The Balaban J connectivity index is 2.15. The highest BCUT2D eigenvalue weighted by atomic mass is 79.9. The van der Waals surface area contributed by atoms with Crippen LogP contribution in [0.1, 0.15) is 16.8 Å². The van der Waals surface area contributed by atoms with E-state index >= 15 is 0 Å². The second kappa shape index (κ2) is 5.30. The Morgan fingerprint density at radius 2 is 2.05 bits per heavy atom. The number of aliphatic hydroxyl groups is 1. The lowest BCUT2D eigenvalue weighted by Crippen LogP contribution is -2.08. The van der Waals surface area contributed by atoms with Gasteiger partial charge < -0.3 is 5.11 Å². The summed E-state index contributed by atoms with van der Waals surface area (Å²) in [6.45, 7) is 0.121. The van der Waals surface area contributed by atoms with E-state index in [4.69, 9.17) is 5.11 Å². The van der Waals surface area contributed by atoms with Gasteiger partial charge in [-0.2, -0.15) is 18.3 Å². The first-order chi connectivity index (χ1) is 8.90. The van der Waals surface area contributed by atoms with Gasteiger partial charge in [-0.15, -0.1) is 0 Å². The van der Waals surface area contributed by atoms with Crippen molar-refractivity contribution < 1.29 is 18.3 Å². The Morgan fingerprint density at radius 3 is 2.53 bits per heavy atom. The average molecular weight is 336 g/mol. The summed E-state index contributed by atoms with van der Waals surface area (Å²) in [5, 5.41) is 13.1. The third-order valence-corrected chi connectivity index (χ3v) is 3.08. The summed E-state index contributed by atoms with van der Waals surface area (Å²) in [6, 6.07) is 2.28. The number of rotatable bonds is 3. The van der Waals surface area contributed by atoms with Crippen LogP contribution in [-0.2, 0) is 19.3 Å². The van der Waals surface area contributed by atoms with Crippen LogP contribution in [0.15, 0.2) is 29.1 Å². The molecule has 0 spiro atoms. The van der Waals surface area contributed by atoms with Crippen LogP contribution in [0.25, 0.3) is 0 Å². The van der Waals surface area contributed by atoms with E-state index < -0.39 is 11.9 Å². The molecule has 0 aliphatic carbocycles. The predicted molar refractivity (Wildman–Crippen MR) is 64.2 cm³/mol. The molecule has 102 valence electrons. The molecular formula is C11H9BrF3N3O. The van der Waals surface area contributed by atoms with Gasteiger partial charge in [0.1, 0.15) is 10.3 Å². The normalized spacial score (nSPS) is 11.8. The molecule has 0 atom stereocenters. The van der Waals surface area contributed by atoms with Gasteiger partial charge in [0.2, 0.25) is 0 Å². The topological polar surface area (TPSA) is 50.9 Å². The monoisotopic (exact) mass is 335 g/mol. The van der Waals surface area contributed by atoms with E-state index in [1.807, 2.05) is 0 Å². The molecule has 0 unspecified atom stereocenters. The molecule has 0 fully saturated rings. The van der Waals surface area contributed by atoms with Crippen molar-refractivity contribution in [2.24, 2.45) is 0 Å². The first-order valence-corrected chi connectivity index (χ1v) is 6.04. The molecule has 2 aromatic rings. The molecule has 2 heterocycles. The van der Waals surface area contributed by atoms with Crippen LogP contribution < -0.4 is 0 Å². The molecule has 0 bridgehead atoms. The van der Waals surface area contributed by atoms with Gasteiger partial charge >= 0.3 is 6.18 Å². The summed E-state index contributed by atoms with van der Waals surface area (Å²) in [4.78, 5) is 3.37. The minimum Gasteiger partial charge on any atom is -0.392 e. The van der Waals surface area contributed by atoms with Crippen LogP contribution in [0.3, 0.4) is 0 Å². The van der Waals surface area contributed by atoms with E-state index in [0.717, 1.165) is 12.3 Å². The van der Waals surface area contributed by atoms with Gasteiger partial charge in [0, 0.05) is 18.0 Å². The van der Waals surface area contributed by atoms with Crippen LogP contribution in [0.2, 0.25) is 0 Å². The maximum Gasteiger partial charge on any atom is 0.433 e. The maximum atomic E-state index is 12.3. The molecule has 1 N–H and O–H groups in total. The van der Waals surface area contributed by atoms with Gasteiger partial charge in [-0.1, -0.05) is 6.07 Å². The fourth-order valence-corrected chi connectivity index (χ4v) is 1.93. The van der Waals surface area contributed by atoms with Crippen molar-refractivity contribution in [2.75, 3.05) is 0 Å². The fourth-order valence-electron chi connectivity index (χ4n) is 1.50. The van der Waals surface area contributed by atoms with Crippen molar-refractivity contribution in [1.82, 2.24) is 14.8 Å². The first-order valence-electron chi connectivity index (χ1n) is 5.25. The molecule has 0 saturated carbocycles. The summed E-state index contributed by atoms with van der Waals surface area (Å²) in [5.74, 6) is 0. The van der Waals surface area contributed by atoms with Gasteiger partial charge in [-0.05, 0) is 27.6 Å². The van der Waals surface area contributed by atoms with Crippen LogP contribution in [0, 0.1) is 0 Å². The molecule has 0 saturated heterocycles. The quantitative estimate of drug-likeness (QED) is 0.937. The Bertz CT molecular complexity index is 566. The van der Waals surface area contributed by atoms with E-state index in [9.17, 15) is 13.2 Å². The van der Waals surface area contributed by atoms with Gasteiger partial charge in [0.15, 0.2) is 0 Å². The molecular weight excluding hydrogens is 327 g/mol. The van der Waals surface area contributed by atoms with Crippen molar-refractivity contribution in [3.63, 3.8) is 0 Å². The Morgan fingerprint density at radius 1 is 1.32 bits per heavy atom. The summed E-state index contributed by atoms with van der Waals surface area (Å²) in [6.07, 6.45) is -1.66. The summed E-state index contributed by atoms with van der Waals surface area (Å²) < 4.78 is 39.0. The number of hydrogen-bond donors (Lipinski definition) is 1. The molecule has 0 radical (unpaired) electrons. The summed E-state index contributed by atoms with van der Waals surface area (Å²) in [7, 11) is 0. The smallest absolute Gasteiger partial charge is 0.392 e. The second-order valence-electron chi connectivity index (χ2n) is 3.85. The highest BCUT2D eigenvalue weighted by molar-refractivity contribution is 9.10. The highest BCUT2D eigenvalue weighted by Gasteiger charge is 2.31. The zero-order chi connectivity index (χ0) is 14.0. The van der Waals surface area contributed by atoms with Crippen LogP contribution in [0.5, 0.6) is 0 Å². The van der Waals surface area contributed by atoms with Crippen molar-refractivity contribution in [1.29, 1.82) is 0 Å². The Hall–Kier alpha value is -1.41. The van der Waals surface area contributed by atoms with Crippen LogP contribution in [-0.4, -0.2) is 19.9 Å². The first kappa shape index (κ1) is 14.0. The maximum absolute atomic E-state index is 12.3. The third kappa shape index (κ3) is 3.32. The summed E-state index contributed by atoms with van der Waals surface area (Å²) in [5.41, 5.74) is 0.279.